The molecule has 0 aliphatic heterocycles. The number of nitrogens with zero attached hydrogens (tertiary/aromatic N) is 3. The lowest BCUT2D eigenvalue weighted by Crippen LogP contribution is -2.00. The molecule has 4 nitrogen and oxygen atoms in total. The second-order valence-corrected chi connectivity index (χ2v) is 9.06. The first-order valence-electron chi connectivity index (χ1n) is 11.7. The van der Waals surface area contributed by atoms with Gasteiger partial charge in [-0.1, -0.05) is 96.5 Å². The van der Waals surface area contributed by atoms with Crippen molar-refractivity contribution in [2.24, 2.45) is 0 Å². The minimum Gasteiger partial charge on any atom is -0.456 e. The van der Waals surface area contributed by atoms with Crippen molar-refractivity contribution in [1.82, 2.24) is 15.0 Å². The highest BCUT2D eigenvalue weighted by atomic mass is 35.5. The number of furan rings is 1. The molecule has 0 saturated heterocycles. The summed E-state index contributed by atoms with van der Waals surface area (Å²) in [5.74, 6) is 1.79. The predicted octanol–water partition coefficient (Wildman–Crippen LogP) is 8.58. The molecule has 0 fully saturated rings. The summed E-state index contributed by atoms with van der Waals surface area (Å²) < 4.78 is 6.28. The van der Waals surface area contributed by atoms with Gasteiger partial charge in [-0.05, 0) is 35.0 Å². The zero-order chi connectivity index (χ0) is 24.1. The smallest absolute Gasteiger partial charge is 0.164 e. The Kier molecular flexibility index (Phi) is 4.79. The number of fused-ring (bicyclic) bond motifs is 5. The average molecular weight is 484 g/mol. The van der Waals surface area contributed by atoms with Gasteiger partial charge >= 0.3 is 0 Å². The molecule has 0 aliphatic rings. The molecule has 5 aromatic carbocycles. The van der Waals surface area contributed by atoms with E-state index in [2.05, 4.69) is 6.07 Å². The molecule has 7 aromatic rings. The molecule has 7 rings (SSSR count). The van der Waals surface area contributed by atoms with Crippen LogP contribution in [-0.4, -0.2) is 15.0 Å². The minimum absolute atomic E-state index is 0.567. The van der Waals surface area contributed by atoms with Gasteiger partial charge in [0.25, 0.3) is 0 Å². The van der Waals surface area contributed by atoms with Gasteiger partial charge in [0.2, 0.25) is 0 Å². The molecular formula is C31H18ClN3O. The van der Waals surface area contributed by atoms with E-state index in [0.717, 1.165) is 49.4 Å². The molecule has 0 radical (unpaired) electrons. The molecule has 0 N–H and O–H groups in total. The van der Waals surface area contributed by atoms with Gasteiger partial charge in [0.15, 0.2) is 17.5 Å². The van der Waals surface area contributed by atoms with E-state index in [-0.39, 0.29) is 0 Å². The van der Waals surface area contributed by atoms with Gasteiger partial charge in [0, 0.05) is 32.5 Å². The fourth-order valence-corrected chi connectivity index (χ4v) is 4.90. The number of benzene rings is 5. The summed E-state index contributed by atoms with van der Waals surface area (Å²) in [5, 5.41) is 4.78. The molecule has 0 unspecified atom stereocenters. The van der Waals surface area contributed by atoms with Crippen LogP contribution in [0.5, 0.6) is 0 Å². The van der Waals surface area contributed by atoms with Crippen molar-refractivity contribution < 1.29 is 4.42 Å². The first-order chi connectivity index (χ1) is 17.7. The Morgan fingerprint density at radius 1 is 0.500 bits per heavy atom. The highest BCUT2D eigenvalue weighted by Gasteiger charge is 2.19. The van der Waals surface area contributed by atoms with Crippen LogP contribution in [0.2, 0.25) is 5.02 Å². The van der Waals surface area contributed by atoms with E-state index in [1.54, 1.807) is 0 Å². The van der Waals surface area contributed by atoms with Crippen LogP contribution in [0.4, 0.5) is 0 Å². The third-order valence-electron chi connectivity index (χ3n) is 6.38. The fraction of sp³-hybridized carbons (Fsp3) is 0. The predicted molar refractivity (Wildman–Crippen MR) is 146 cm³/mol. The Morgan fingerprint density at radius 3 is 1.81 bits per heavy atom. The van der Waals surface area contributed by atoms with E-state index in [1.807, 2.05) is 103 Å². The Morgan fingerprint density at radius 2 is 1.11 bits per heavy atom. The molecule has 0 amide bonds. The lowest BCUT2D eigenvalue weighted by Gasteiger charge is -2.11. The molecule has 0 saturated carbocycles. The summed E-state index contributed by atoms with van der Waals surface area (Å²) in [5.41, 5.74) is 4.31. The van der Waals surface area contributed by atoms with Gasteiger partial charge in [-0.3, -0.25) is 0 Å². The summed E-state index contributed by atoms with van der Waals surface area (Å²) in [4.78, 5) is 14.7. The van der Waals surface area contributed by atoms with Crippen molar-refractivity contribution in [3.8, 4) is 34.2 Å². The molecule has 0 bridgehead atoms. The van der Waals surface area contributed by atoms with Gasteiger partial charge in [-0.2, -0.15) is 0 Å². The SMILES string of the molecule is Clc1ccc2c(c1)c(-c1nc(-c3ccccc3)nc(-c3ccccc3)n1)cc1oc3ccccc3c12. The number of halogens is 1. The summed E-state index contributed by atoms with van der Waals surface area (Å²) in [6.07, 6.45) is 0. The quantitative estimate of drug-likeness (QED) is 0.252. The number of aromatic nitrogens is 3. The summed E-state index contributed by atoms with van der Waals surface area (Å²) >= 11 is 6.50. The lowest BCUT2D eigenvalue weighted by atomic mass is 9.98. The van der Waals surface area contributed by atoms with Crippen LogP contribution in [0.3, 0.4) is 0 Å². The van der Waals surface area contributed by atoms with Crippen LogP contribution >= 0.6 is 11.6 Å². The van der Waals surface area contributed by atoms with Gasteiger partial charge in [0.05, 0.1) is 0 Å². The fourth-order valence-electron chi connectivity index (χ4n) is 4.72. The monoisotopic (exact) mass is 483 g/mol. The zero-order valence-electron chi connectivity index (χ0n) is 19.0. The molecule has 0 aliphatic carbocycles. The average Bonchev–Trinajstić information content (AvgIpc) is 3.32. The Hall–Kier alpha value is -4.54. The maximum atomic E-state index is 6.50. The van der Waals surface area contributed by atoms with Gasteiger partial charge in [-0.25, -0.2) is 15.0 Å². The molecule has 0 atom stereocenters. The van der Waals surface area contributed by atoms with E-state index < -0.39 is 0 Å². The first-order valence-corrected chi connectivity index (χ1v) is 12.0. The maximum absolute atomic E-state index is 6.50. The molecule has 36 heavy (non-hydrogen) atoms. The van der Waals surface area contributed by atoms with Crippen molar-refractivity contribution in [1.29, 1.82) is 0 Å². The molecule has 2 aromatic heterocycles. The van der Waals surface area contributed by atoms with E-state index >= 15 is 0 Å². The Bertz CT molecular complexity index is 1840. The molecule has 0 spiro atoms. The highest BCUT2D eigenvalue weighted by molar-refractivity contribution is 6.32. The largest absolute Gasteiger partial charge is 0.456 e. The van der Waals surface area contributed by atoms with E-state index in [9.17, 15) is 0 Å². The van der Waals surface area contributed by atoms with Crippen LogP contribution in [0, 0.1) is 0 Å². The summed E-state index contributed by atoms with van der Waals surface area (Å²) in [6.45, 7) is 0. The Labute approximate surface area is 211 Å². The third kappa shape index (κ3) is 3.43. The lowest BCUT2D eigenvalue weighted by molar-refractivity contribution is 0.669. The Balaban J connectivity index is 1.57. The van der Waals surface area contributed by atoms with E-state index in [1.165, 1.54) is 0 Å². The van der Waals surface area contributed by atoms with Gasteiger partial charge < -0.3 is 4.42 Å². The van der Waals surface area contributed by atoms with Crippen LogP contribution in [-0.2, 0) is 0 Å². The second-order valence-electron chi connectivity index (χ2n) is 8.62. The molecule has 2 heterocycles. The van der Waals surface area contributed by atoms with Crippen LogP contribution in [0.1, 0.15) is 0 Å². The van der Waals surface area contributed by atoms with Crippen molar-refractivity contribution in [2.75, 3.05) is 0 Å². The van der Waals surface area contributed by atoms with Crippen molar-refractivity contribution in [2.45, 2.75) is 0 Å². The highest BCUT2D eigenvalue weighted by Crippen LogP contribution is 2.40. The van der Waals surface area contributed by atoms with Crippen molar-refractivity contribution in [3.63, 3.8) is 0 Å². The second kappa shape index (κ2) is 8.29. The van der Waals surface area contributed by atoms with Crippen LogP contribution in [0.25, 0.3) is 66.9 Å². The van der Waals surface area contributed by atoms with E-state index in [4.69, 9.17) is 31.0 Å². The number of hydrogen-bond acceptors (Lipinski definition) is 4. The third-order valence-corrected chi connectivity index (χ3v) is 6.61. The standard InChI is InChI=1S/C31H18ClN3O/c32-21-15-16-22-24(17-21)25(18-27-28(22)23-13-7-8-14-26(23)36-27)31-34-29(19-9-3-1-4-10-19)33-30(35-31)20-11-5-2-6-12-20/h1-18H. The molecule has 5 heteroatoms. The minimum atomic E-state index is 0.567. The molecule has 170 valence electrons. The van der Waals surface area contributed by atoms with Crippen molar-refractivity contribution in [3.05, 3.63) is 114 Å². The summed E-state index contributed by atoms with van der Waals surface area (Å²) in [7, 11) is 0. The zero-order valence-corrected chi connectivity index (χ0v) is 19.8. The summed E-state index contributed by atoms with van der Waals surface area (Å²) in [6, 6.07) is 35.9. The van der Waals surface area contributed by atoms with Crippen LogP contribution < -0.4 is 0 Å². The van der Waals surface area contributed by atoms with Gasteiger partial charge in [-0.15, -0.1) is 0 Å². The normalized spacial score (nSPS) is 11.5. The van der Waals surface area contributed by atoms with Crippen LogP contribution in [0.15, 0.2) is 114 Å². The number of hydrogen-bond donors (Lipinski definition) is 0. The maximum Gasteiger partial charge on any atom is 0.164 e. The number of rotatable bonds is 3. The van der Waals surface area contributed by atoms with E-state index in [0.29, 0.717) is 22.5 Å². The molecular weight excluding hydrogens is 466 g/mol. The van der Waals surface area contributed by atoms with Gasteiger partial charge in [0.1, 0.15) is 11.2 Å². The van der Waals surface area contributed by atoms with Crippen molar-refractivity contribution >= 4 is 44.3 Å². The first kappa shape index (κ1) is 20.8. The topological polar surface area (TPSA) is 51.8 Å². The number of para-hydroxylation sites is 1.